The molecule has 0 aromatic heterocycles. The van der Waals surface area contributed by atoms with Crippen LogP contribution in [0.25, 0.3) is 0 Å². The van der Waals surface area contributed by atoms with Gasteiger partial charge in [0.05, 0.1) is 0 Å². The Balaban J connectivity index is 2.96. The molecule has 0 unspecified atom stereocenters. The first kappa shape index (κ1) is 9.07. The standard InChI is InChI=1S/C10H15NO/c1-8-4-5-10(6-9(8)2)11(3)7-12/h4-6,12H,7H2,1-3H3. The molecule has 0 aliphatic heterocycles. The highest BCUT2D eigenvalue weighted by atomic mass is 16.3. The zero-order valence-electron chi connectivity index (χ0n) is 7.83. The zero-order valence-corrected chi connectivity index (χ0v) is 7.83. The second-order valence-electron chi connectivity index (χ2n) is 3.11. The summed E-state index contributed by atoms with van der Waals surface area (Å²) >= 11 is 0. The summed E-state index contributed by atoms with van der Waals surface area (Å²) in [5.41, 5.74) is 3.60. The molecule has 0 fully saturated rings. The van der Waals surface area contributed by atoms with Crippen molar-refractivity contribution in [3.05, 3.63) is 29.3 Å². The summed E-state index contributed by atoms with van der Waals surface area (Å²) in [7, 11) is 1.87. The number of aliphatic hydroxyl groups excluding tert-OH is 1. The lowest BCUT2D eigenvalue weighted by Gasteiger charge is -2.16. The average Bonchev–Trinajstić information content (AvgIpc) is 2.08. The van der Waals surface area contributed by atoms with Crippen LogP contribution in [0.5, 0.6) is 0 Å². The molecule has 2 nitrogen and oxygen atoms in total. The summed E-state index contributed by atoms with van der Waals surface area (Å²) in [6, 6.07) is 6.15. The van der Waals surface area contributed by atoms with Crippen molar-refractivity contribution in [2.45, 2.75) is 13.8 Å². The normalized spacial score (nSPS) is 10.0. The fourth-order valence-corrected chi connectivity index (χ4v) is 1.04. The molecule has 1 N–H and O–H groups in total. The Hall–Kier alpha value is -1.02. The number of rotatable bonds is 2. The van der Waals surface area contributed by atoms with Gasteiger partial charge in [0.25, 0.3) is 0 Å². The molecular weight excluding hydrogens is 150 g/mol. The number of hydrogen-bond donors (Lipinski definition) is 1. The summed E-state index contributed by atoms with van der Waals surface area (Å²) in [4.78, 5) is 1.80. The van der Waals surface area contributed by atoms with E-state index in [4.69, 9.17) is 5.11 Å². The number of aryl methyl sites for hydroxylation is 2. The van der Waals surface area contributed by atoms with E-state index in [1.165, 1.54) is 11.1 Å². The molecule has 0 radical (unpaired) electrons. The monoisotopic (exact) mass is 165 g/mol. The van der Waals surface area contributed by atoms with Crippen molar-refractivity contribution < 1.29 is 5.11 Å². The van der Waals surface area contributed by atoms with Crippen molar-refractivity contribution in [2.24, 2.45) is 0 Å². The van der Waals surface area contributed by atoms with Crippen LogP contribution in [-0.2, 0) is 0 Å². The van der Waals surface area contributed by atoms with Gasteiger partial charge in [-0.2, -0.15) is 0 Å². The van der Waals surface area contributed by atoms with E-state index in [2.05, 4.69) is 26.0 Å². The second kappa shape index (κ2) is 3.59. The van der Waals surface area contributed by atoms with Gasteiger partial charge in [-0.15, -0.1) is 0 Å². The summed E-state index contributed by atoms with van der Waals surface area (Å²) in [5.74, 6) is 0. The minimum Gasteiger partial charge on any atom is -0.376 e. The van der Waals surface area contributed by atoms with Gasteiger partial charge in [-0.1, -0.05) is 6.07 Å². The Morgan fingerprint density at radius 1 is 1.25 bits per heavy atom. The highest BCUT2D eigenvalue weighted by Crippen LogP contribution is 2.16. The number of nitrogens with zero attached hydrogens (tertiary/aromatic N) is 1. The molecule has 0 spiro atoms. The van der Waals surface area contributed by atoms with Gasteiger partial charge in [-0.05, 0) is 37.1 Å². The maximum atomic E-state index is 8.87. The number of aliphatic hydroxyl groups is 1. The second-order valence-corrected chi connectivity index (χ2v) is 3.11. The molecule has 66 valence electrons. The third-order valence-electron chi connectivity index (χ3n) is 2.14. The predicted octanol–water partition coefficient (Wildman–Crippen LogP) is 1.69. The van der Waals surface area contributed by atoms with Crippen LogP contribution < -0.4 is 4.90 Å². The molecule has 0 atom stereocenters. The summed E-state index contributed by atoms with van der Waals surface area (Å²) < 4.78 is 0. The van der Waals surface area contributed by atoms with E-state index in [0.29, 0.717) is 0 Å². The van der Waals surface area contributed by atoms with Crippen LogP contribution in [0.15, 0.2) is 18.2 Å². The lowest BCUT2D eigenvalue weighted by Crippen LogP contribution is -2.17. The molecule has 12 heavy (non-hydrogen) atoms. The number of anilines is 1. The first-order chi connectivity index (χ1) is 5.65. The van der Waals surface area contributed by atoms with Crippen molar-refractivity contribution in [1.29, 1.82) is 0 Å². The first-order valence-electron chi connectivity index (χ1n) is 4.04. The van der Waals surface area contributed by atoms with E-state index in [1.54, 1.807) is 4.90 Å². The minimum atomic E-state index is 0.0580. The molecule has 1 aromatic rings. The van der Waals surface area contributed by atoms with E-state index in [1.807, 2.05) is 13.1 Å². The lowest BCUT2D eigenvalue weighted by atomic mass is 10.1. The maximum absolute atomic E-state index is 8.87. The van der Waals surface area contributed by atoms with Crippen LogP contribution in [0.1, 0.15) is 11.1 Å². The van der Waals surface area contributed by atoms with Gasteiger partial charge >= 0.3 is 0 Å². The van der Waals surface area contributed by atoms with Crippen molar-refractivity contribution >= 4 is 5.69 Å². The van der Waals surface area contributed by atoms with Gasteiger partial charge in [0.1, 0.15) is 6.73 Å². The van der Waals surface area contributed by atoms with E-state index in [0.717, 1.165) is 5.69 Å². The highest BCUT2D eigenvalue weighted by Gasteiger charge is 1.99. The fourth-order valence-electron chi connectivity index (χ4n) is 1.04. The summed E-state index contributed by atoms with van der Waals surface area (Å²) in [6.07, 6.45) is 0. The molecule has 0 heterocycles. The molecule has 1 aromatic carbocycles. The van der Waals surface area contributed by atoms with E-state index < -0.39 is 0 Å². The van der Waals surface area contributed by atoms with Gasteiger partial charge in [-0.25, -0.2) is 0 Å². The molecule has 0 aliphatic carbocycles. The average molecular weight is 165 g/mol. The highest BCUT2D eigenvalue weighted by molar-refractivity contribution is 5.49. The minimum absolute atomic E-state index is 0.0580. The zero-order chi connectivity index (χ0) is 9.14. The third kappa shape index (κ3) is 1.77. The van der Waals surface area contributed by atoms with Crippen LogP contribution in [0.4, 0.5) is 5.69 Å². The summed E-state index contributed by atoms with van der Waals surface area (Å²) in [6.45, 7) is 4.21. The molecule has 0 saturated heterocycles. The molecule has 0 saturated carbocycles. The van der Waals surface area contributed by atoms with Crippen LogP contribution in [0, 0.1) is 13.8 Å². The van der Waals surface area contributed by atoms with Crippen molar-refractivity contribution in [1.82, 2.24) is 0 Å². The SMILES string of the molecule is Cc1ccc(N(C)CO)cc1C. The Bertz CT molecular complexity index is 271. The molecule has 0 bridgehead atoms. The van der Waals surface area contributed by atoms with E-state index in [-0.39, 0.29) is 6.73 Å². The van der Waals surface area contributed by atoms with Crippen LogP contribution in [-0.4, -0.2) is 18.9 Å². The van der Waals surface area contributed by atoms with Crippen molar-refractivity contribution in [2.75, 3.05) is 18.7 Å². The predicted molar refractivity (Wildman–Crippen MR) is 51.4 cm³/mol. The number of hydrogen-bond acceptors (Lipinski definition) is 2. The Labute approximate surface area is 73.4 Å². The lowest BCUT2D eigenvalue weighted by molar-refractivity contribution is 0.298. The topological polar surface area (TPSA) is 23.5 Å². The van der Waals surface area contributed by atoms with Crippen molar-refractivity contribution in [3.63, 3.8) is 0 Å². The Morgan fingerprint density at radius 2 is 1.92 bits per heavy atom. The molecule has 0 amide bonds. The smallest absolute Gasteiger partial charge is 0.115 e. The largest absolute Gasteiger partial charge is 0.376 e. The van der Waals surface area contributed by atoms with Gasteiger partial charge in [0.15, 0.2) is 0 Å². The van der Waals surface area contributed by atoms with Crippen LogP contribution >= 0.6 is 0 Å². The number of benzene rings is 1. The molecule has 1 rings (SSSR count). The quantitative estimate of drug-likeness (QED) is 0.674. The Kier molecular flexibility index (Phi) is 2.71. The third-order valence-corrected chi connectivity index (χ3v) is 2.14. The fraction of sp³-hybridized carbons (Fsp3) is 0.400. The van der Waals surface area contributed by atoms with Gasteiger partial charge < -0.3 is 10.0 Å². The van der Waals surface area contributed by atoms with E-state index >= 15 is 0 Å². The molecule has 0 aliphatic rings. The summed E-state index contributed by atoms with van der Waals surface area (Å²) in [5, 5.41) is 8.87. The van der Waals surface area contributed by atoms with E-state index in [9.17, 15) is 0 Å². The van der Waals surface area contributed by atoms with Crippen molar-refractivity contribution in [3.8, 4) is 0 Å². The van der Waals surface area contributed by atoms with Gasteiger partial charge in [0.2, 0.25) is 0 Å². The van der Waals surface area contributed by atoms with Gasteiger partial charge in [-0.3, -0.25) is 0 Å². The maximum Gasteiger partial charge on any atom is 0.115 e. The van der Waals surface area contributed by atoms with Crippen LogP contribution in [0.3, 0.4) is 0 Å². The molecular formula is C10H15NO. The van der Waals surface area contributed by atoms with Crippen LogP contribution in [0.2, 0.25) is 0 Å². The molecule has 2 heteroatoms. The Morgan fingerprint density at radius 3 is 2.42 bits per heavy atom. The first-order valence-corrected chi connectivity index (χ1v) is 4.04. The van der Waals surface area contributed by atoms with Gasteiger partial charge in [0, 0.05) is 12.7 Å².